The van der Waals surface area contributed by atoms with Crippen molar-refractivity contribution in [2.75, 3.05) is 28.3 Å². The number of carbonyl (C=O) groups is 1. The molecule has 3 rings (SSSR count). The maximum absolute atomic E-state index is 11.9. The highest BCUT2D eigenvalue weighted by atomic mass is 32.2. The Morgan fingerprint density at radius 1 is 1.19 bits per heavy atom. The minimum Gasteiger partial charge on any atom is -0.380 e. The van der Waals surface area contributed by atoms with E-state index in [9.17, 15) is 13.2 Å². The molecular weight excluding hydrogens is 288 g/mol. The molecule has 2 fully saturated rings. The van der Waals surface area contributed by atoms with E-state index in [2.05, 4.69) is 5.32 Å². The first-order chi connectivity index (χ1) is 10.1. The third kappa shape index (κ3) is 3.20. The lowest BCUT2D eigenvalue weighted by atomic mass is 10.1. The molecule has 2 saturated heterocycles. The van der Waals surface area contributed by atoms with Gasteiger partial charge in [0.15, 0.2) is 9.84 Å². The molecule has 0 spiro atoms. The van der Waals surface area contributed by atoms with Crippen molar-refractivity contribution in [2.45, 2.75) is 31.7 Å². The monoisotopic (exact) mass is 308 g/mol. The molecule has 114 valence electrons. The zero-order chi connectivity index (χ0) is 14.9. The molecule has 1 aromatic rings. The Hall–Kier alpha value is -1.56. The fraction of sp³-hybridized carbons (Fsp3) is 0.533. The molecule has 1 N–H and O–H groups in total. The maximum atomic E-state index is 11.9. The Labute approximate surface area is 125 Å². The van der Waals surface area contributed by atoms with Crippen molar-refractivity contribution < 1.29 is 13.2 Å². The fourth-order valence-corrected chi connectivity index (χ4v) is 4.73. The zero-order valence-corrected chi connectivity index (χ0v) is 12.7. The summed E-state index contributed by atoms with van der Waals surface area (Å²) in [6.07, 6.45) is 3.02. The van der Waals surface area contributed by atoms with Crippen LogP contribution in [0.5, 0.6) is 0 Å². The summed E-state index contributed by atoms with van der Waals surface area (Å²) in [6, 6.07) is 7.58. The molecular formula is C15H20N2O3S. The van der Waals surface area contributed by atoms with E-state index in [1.807, 2.05) is 24.3 Å². The van der Waals surface area contributed by atoms with Crippen LogP contribution in [0.1, 0.15) is 25.7 Å². The van der Waals surface area contributed by atoms with Crippen LogP contribution in [0.2, 0.25) is 0 Å². The van der Waals surface area contributed by atoms with E-state index >= 15 is 0 Å². The lowest BCUT2D eigenvalue weighted by Crippen LogP contribution is -2.35. The van der Waals surface area contributed by atoms with Crippen LogP contribution < -0.4 is 10.2 Å². The van der Waals surface area contributed by atoms with Crippen LogP contribution in [0.25, 0.3) is 0 Å². The second kappa shape index (κ2) is 5.67. The first kappa shape index (κ1) is 14.4. The Bertz CT molecular complexity index is 642. The van der Waals surface area contributed by atoms with Crippen LogP contribution in [0.4, 0.5) is 11.4 Å². The second-order valence-electron chi connectivity index (χ2n) is 5.76. The van der Waals surface area contributed by atoms with Crippen molar-refractivity contribution >= 4 is 27.1 Å². The highest BCUT2D eigenvalue weighted by Crippen LogP contribution is 2.30. The number of sulfone groups is 1. The maximum Gasteiger partial charge on any atom is 0.227 e. The van der Waals surface area contributed by atoms with Gasteiger partial charge in [-0.1, -0.05) is 12.1 Å². The molecule has 1 aromatic carbocycles. The summed E-state index contributed by atoms with van der Waals surface area (Å²) in [5.74, 6) is 0.604. The molecule has 2 aliphatic rings. The predicted molar refractivity (Wildman–Crippen MR) is 83.3 cm³/mol. The number of hydrogen-bond acceptors (Lipinski definition) is 4. The van der Waals surface area contributed by atoms with Gasteiger partial charge < -0.3 is 10.2 Å². The van der Waals surface area contributed by atoms with Crippen LogP contribution in [0, 0.1) is 0 Å². The zero-order valence-electron chi connectivity index (χ0n) is 11.9. The third-order valence-corrected chi connectivity index (χ3v) is 5.91. The van der Waals surface area contributed by atoms with Crippen molar-refractivity contribution in [2.24, 2.45) is 0 Å². The average molecular weight is 308 g/mol. The summed E-state index contributed by atoms with van der Waals surface area (Å²) < 4.78 is 23.5. The molecule has 1 amide bonds. The molecule has 0 aromatic heterocycles. The van der Waals surface area contributed by atoms with Gasteiger partial charge in [-0.15, -0.1) is 0 Å². The number of para-hydroxylation sites is 2. The molecule has 6 heteroatoms. The Kier molecular flexibility index (Phi) is 3.89. The lowest BCUT2D eigenvalue weighted by molar-refractivity contribution is -0.117. The third-order valence-electron chi connectivity index (χ3n) is 4.09. The van der Waals surface area contributed by atoms with Gasteiger partial charge in [-0.3, -0.25) is 4.79 Å². The smallest absolute Gasteiger partial charge is 0.227 e. The molecule has 0 radical (unpaired) electrons. The lowest BCUT2D eigenvalue weighted by Gasteiger charge is -2.27. The molecule has 0 bridgehead atoms. The molecule has 5 nitrogen and oxygen atoms in total. The molecule has 1 unspecified atom stereocenters. The largest absolute Gasteiger partial charge is 0.380 e. The summed E-state index contributed by atoms with van der Waals surface area (Å²) in [6.45, 7) is 0.737. The Morgan fingerprint density at radius 3 is 2.71 bits per heavy atom. The van der Waals surface area contributed by atoms with Gasteiger partial charge in [-0.25, -0.2) is 8.42 Å². The number of nitrogens with zero attached hydrogens (tertiary/aromatic N) is 1. The first-order valence-corrected chi connectivity index (χ1v) is 9.24. The van der Waals surface area contributed by atoms with Gasteiger partial charge in [0.1, 0.15) is 0 Å². The van der Waals surface area contributed by atoms with Gasteiger partial charge in [0.25, 0.3) is 0 Å². The number of amides is 1. The number of nitrogens with one attached hydrogen (secondary N) is 1. The first-order valence-electron chi connectivity index (χ1n) is 7.41. The standard InChI is InChI=1S/C15H20N2O3S/c18-15-8-3-9-17(15)14-7-2-1-6-13(14)16-12-5-4-10-21(19,20)11-12/h1-2,6-7,12,16H,3-5,8-11H2. The molecule has 1 atom stereocenters. The normalized spacial score (nSPS) is 25.0. The van der Waals surface area contributed by atoms with Crippen molar-refractivity contribution in [3.63, 3.8) is 0 Å². The Morgan fingerprint density at radius 2 is 2.00 bits per heavy atom. The highest BCUT2D eigenvalue weighted by Gasteiger charge is 2.27. The molecule has 2 aliphatic heterocycles. The quantitative estimate of drug-likeness (QED) is 0.924. The van der Waals surface area contributed by atoms with E-state index in [-0.39, 0.29) is 23.5 Å². The van der Waals surface area contributed by atoms with E-state index in [4.69, 9.17) is 0 Å². The van der Waals surface area contributed by atoms with Gasteiger partial charge in [0.2, 0.25) is 5.91 Å². The van der Waals surface area contributed by atoms with Gasteiger partial charge in [0, 0.05) is 19.0 Å². The van der Waals surface area contributed by atoms with Crippen molar-refractivity contribution in [3.05, 3.63) is 24.3 Å². The van der Waals surface area contributed by atoms with Crippen LogP contribution >= 0.6 is 0 Å². The fourth-order valence-electron chi connectivity index (χ4n) is 3.09. The molecule has 0 aliphatic carbocycles. The number of benzene rings is 1. The van der Waals surface area contributed by atoms with Crippen molar-refractivity contribution in [3.8, 4) is 0 Å². The number of anilines is 2. The van der Waals surface area contributed by atoms with E-state index in [1.54, 1.807) is 4.90 Å². The summed E-state index contributed by atoms with van der Waals surface area (Å²) in [5.41, 5.74) is 1.72. The highest BCUT2D eigenvalue weighted by molar-refractivity contribution is 7.91. The van der Waals surface area contributed by atoms with Crippen LogP contribution in [0.3, 0.4) is 0 Å². The number of hydrogen-bond donors (Lipinski definition) is 1. The summed E-state index contributed by atoms with van der Waals surface area (Å²) >= 11 is 0. The number of rotatable bonds is 3. The summed E-state index contributed by atoms with van der Waals surface area (Å²) in [7, 11) is -2.94. The van der Waals surface area contributed by atoms with E-state index < -0.39 is 9.84 Å². The minimum absolute atomic E-state index is 0.0670. The van der Waals surface area contributed by atoms with E-state index in [0.717, 1.165) is 30.8 Å². The summed E-state index contributed by atoms with van der Waals surface area (Å²) in [5, 5.41) is 3.33. The van der Waals surface area contributed by atoms with Gasteiger partial charge in [-0.05, 0) is 31.4 Å². The van der Waals surface area contributed by atoms with Gasteiger partial charge >= 0.3 is 0 Å². The minimum atomic E-state index is -2.94. The van der Waals surface area contributed by atoms with E-state index in [1.165, 1.54) is 0 Å². The average Bonchev–Trinajstić information content (AvgIpc) is 2.84. The van der Waals surface area contributed by atoms with Crippen LogP contribution in [-0.2, 0) is 14.6 Å². The van der Waals surface area contributed by atoms with Crippen LogP contribution in [-0.4, -0.2) is 38.4 Å². The topological polar surface area (TPSA) is 66.5 Å². The van der Waals surface area contributed by atoms with E-state index in [0.29, 0.717) is 12.8 Å². The SMILES string of the molecule is O=C1CCCN1c1ccccc1NC1CCCS(=O)(=O)C1. The van der Waals surface area contributed by atoms with Gasteiger partial charge in [-0.2, -0.15) is 0 Å². The Balaban J connectivity index is 1.81. The number of carbonyl (C=O) groups excluding carboxylic acids is 1. The van der Waals surface area contributed by atoms with Crippen molar-refractivity contribution in [1.82, 2.24) is 0 Å². The second-order valence-corrected chi connectivity index (χ2v) is 7.99. The molecule has 0 saturated carbocycles. The molecule has 21 heavy (non-hydrogen) atoms. The predicted octanol–water partition coefficient (Wildman–Crippen LogP) is 1.80. The molecule has 2 heterocycles. The van der Waals surface area contributed by atoms with Crippen molar-refractivity contribution in [1.29, 1.82) is 0 Å². The summed E-state index contributed by atoms with van der Waals surface area (Å²) in [4.78, 5) is 13.7. The van der Waals surface area contributed by atoms with Crippen LogP contribution in [0.15, 0.2) is 24.3 Å². The van der Waals surface area contributed by atoms with Gasteiger partial charge in [0.05, 0.1) is 22.9 Å².